The van der Waals surface area contributed by atoms with Crippen LogP contribution >= 0.6 is 0 Å². The number of carbonyl (C=O) groups excluding carboxylic acids is 6. The first-order valence-corrected chi connectivity index (χ1v) is 15.0. The minimum absolute atomic E-state index is 0.0365. The predicted molar refractivity (Wildman–Crippen MR) is 169 cm³/mol. The monoisotopic (exact) mass is 691 g/mol. The lowest BCUT2D eigenvalue weighted by Gasteiger charge is -2.32. The molecule has 0 spiro atoms. The van der Waals surface area contributed by atoms with Gasteiger partial charge in [-0.2, -0.15) is 0 Å². The number of likely N-dealkylation sites (N-methyl/N-ethyl adjacent to an activating group) is 1. The summed E-state index contributed by atoms with van der Waals surface area (Å²) in [6.07, 6.45) is -2.02. The molecule has 1 fully saturated rings. The van der Waals surface area contributed by atoms with Crippen LogP contribution in [0.4, 0.5) is 4.79 Å². The summed E-state index contributed by atoms with van der Waals surface area (Å²) < 4.78 is 0. The van der Waals surface area contributed by atoms with Crippen LogP contribution in [0.15, 0.2) is 35.3 Å². The van der Waals surface area contributed by atoms with Gasteiger partial charge in [-0.05, 0) is 18.4 Å². The molecule has 1 aliphatic rings. The van der Waals surface area contributed by atoms with E-state index >= 15 is 0 Å². The standard InChI is InChI=1S/C29H41N9O11/c1-31-29(49)37-28(30)32-10-6-9-16-25(44)38(2)20(11-15-7-4-3-5-8-15)24(43)36-18(27(47)48)13-21(40)33-17(26(45)46)12-22(41)34-19(14-39)23(42)35-16/h3-5,7-8,16-20,39H,6,9-14H2,1-2H3,(H,33,40)(H,34,41)(H,35,42)(H,36,43)(H,45,46)(H,47,48)(H4,30,31,32,37,49)/t16-,17-,18-,19+,20-/m0/s1. The van der Waals surface area contributed by atoms with E-state index in [0.717, 1.165) is 4.90 Å². The Hall–Kier alpha value is -5.79. The molecule has 0 radical (unpaired) electrons. The second-order valence-electron chi connectivity index (χ2n) is 10.9. The Balaban J connectivity index is 2.54. The molecule has 20 nitrogen and oxygen atoms in total. The molecule has 1 saturated heterocycles. The molecule has 1 aromatic rings. The molecule has 0 aromatic heterocycles. The van der Waals surface area contributed by atoms with Gasteiger partial charge in [0.15, 0.2) is 5.96 Å². The zero-order chi connectivity index (χ0) is 36.7. The van der Waals surface area contributed by atoms with E-state index in [-0.39, 0.29) is 31.8 Å². The smallest absolute Gasteiger partial charge is 0.326 e. The van der Waals surface area contributed by atoms with E-state index in [4.69, 9.17) is 5.73 Å². The zero-order valence-corrected chi connectivity index (χ0v) is 26.8. The molecule has 1 aromatic carbocycles. The maximum absolute atomic E-state index is 14.0. The molecule has 1 heterocycles. The quantitative estimate of drug-likeness (QED) is 0.0673. The summed E-state index contributed by atoms with van der Waals surface area (Å²) >= 11 is 0. The van der Waals surface area contributed by atoms with Crippen LogP contribution in [0.3, 0.4) is 0 Å². The first-order valence-electron chi connectivity index (χ1n) is 15.0. The van der Waals surface area contributed by atoms with E-state index in [2.05, 4.69) is 31.6 Å². The summed E-state index contributed by atoms with van der Waals surface area (Å²) in [4.78, 5) is 106. The van der Waals surface area contributed by atoms with Gasteiger partial charge in [-0.25, -0.2) is 14.4 Å². The summed E-state index contributed by atoms with van der Waals surface area (Å²) in [5.41, 5.74) is 6.23. The van der Waals surface area contributed by atoms with Crippen LogP contribution in [0.1, 0.15) is 31.2 Å². The Morgan fingerprint density at radius 3 is 2.06 bits per heavy atom. The number of hydrogen-bond donors (Lipinski definition) is 10. The number of aliphatic imine (C=N–C) groups is 1. The van der Waals surface area contributed by atoms with Crippen molar-refractivity contribution < 1.29 is 53.7 Å². The van der Waals surface area contributed by atoms with E-state index in [1.165, 1.54) is 14.1 Å². The summed E-state index contributed by atoms with van der Waals surface area (Å²) in [6.45, 7) is -1.01. The molecular weight excluding hydrogens is 650 g/mol. The number of rotatable bonds is 9. The minimum atomic E-state index is -1.87. The number of guanidine groups is 1. The van der Waals surface area contributed by atoms with Gasteiger partial charge in [-0.1, -0.05) is 30.3 Å². The first kappa shape index (κ1) is 39.4. The Labute approximate surface area is 280 Å². The number of carbonyl (C=O) groups is 8. The fourth-order valence-electron chi connectivity index (χ4n) is 4.62. The number of amides is 7. The molecular formula is C29H41N9O11. The maximum atomic E-state index is 14.0. The zero-order valence-electron chi connectivity index (χ0n) is 26.8. The minimum Gasteiger partial charge on any atom is -0.480 e. The van der Waals surface area contributed by atoms with Crippen molar-refractivity contribution in [2.75, 3.05) is 27.2 Å². The Bertz CT molecular complexity index is 1420. The highest BCUT2D eigenvalue weighted by molar-refractivity contribution is 5.97. The Morgan fingerprint density at radius 2 is 1.49 bits per heavy atom. The van der Waals surface area contributed by atoms with E-state index < -0.39 is 97.2 Å². The van der Waals surface area contributed by atoms with E-state index in [1.54, 1.807) is 30.3 Å². The van der Waals surface area contributed by atoms with Gasteiger partial charge in [-0.15, -0.1) is 0 Å². The summed E-state index contributed by atoms with van der Waals surface area (Å²) in [7, 11) is 2.61. The van der Waals surface area contributed by atoms with Gasteiger partial charge in [0.25, 0.3) is 0 Å². The third-order valence-electron chi connectivity index (χ3n) is 7.27. The number of aliphatic hydroxyl groups is 1. The van der Waals surface area contributed by atoms with Crippen LogP contribution in [-0.2, 0) is 40.0 Å². The van der Waals surface area contributed by atoms with Crippen LogP contribution in [-0.4, -0.2) is 131 Å². The molecule has 1 aliphatic heterocycles. The van der Waals surface area contributed by atoms with Gasteiger partial charge < -0.3 is 52.5 Å². The predicted octanol–water partition coefficient (Wildman–Crippen LogP) is -4.03. The highest BCUT2D eigenvalue weighted by Gasteiger charge is 2.36. The molecule has 5 atom stereocenters. The van der Waals surface area contributed by atoms with Gasteiger partial charge in [-0.3, -0.25) is 34.3 Å². The number of urea groups is 1. The molecule has 20 heteroatoms. The number of carboxylic acids is 2. The highest BCUT2D eigenvalue weighted by Crippen LogP contribution is 2.13. The number of aliphatic hydroxyl groups excluding tert-OH is 1. The van der Waals surface area contributed by atoms with Crippen molar-refractivity contribution in [2.24, 2.45) is 10.7 Å². The van der Waals surface area contributed by atoms with Crippen LogP contribution < -0.4 is 37.6 Å². The number of nitrogens with one attached hydrogen (secondary N) is 6. The molecule has 0 saturated carbocycles. The van der Waals surface area contributed by atoms with Crippen molar-refractivity contribution in [3.05, 3.63) is 35.9 Å². The van der Waals surface area contributed by atoms with E-state index in [0.29, 0.717) is 5.56 Å². The fraction of sp³-hybridized carbons (Fsp3) is 0.483. The number of aliphatic carboxylic acids is 2. The maximum Gasteiger partial charge on any atom is 0.326 e. The van der Waals surface area contributed by atoms with Crippen molar-refractivity contribution in [3.63, 3.8) is 0 Å². The normalized spacial score (nSPS) is 23.2. The van der Waals surface area contributed by atoms with Gasteiger partial charge in [0, 0.05) is 27.1 Å². The Morgan fingerprint density at radius 1 is 0.898 bits per heavy atom. The number of carboxylic acid groups (broad SMARTS) is 2. The van der Waals surface area contributed by atoms with Crippen LogP contribution in [0.5, 0.6) is 0 Å². The summed E-state index contributed by atoms with van der Waals surface area (Å²) in [6, 6.07) is -0.441. The average molecular weight is 692 g/mol. The lowest BCUT2D eigenvalue weighted by Crippen LogP contribution is -2.59. The van der Waals surface area contributed by atoms with Gasteiger partial charge in [0.1, 0.15) is 30.2 Å². The number of hydrogen-bond acceptors (Lipinski definition) is 10. The fourth-order valence-corrected chi connectivity index (χ4v) is 4.62. The highest BCUT2D eigenvalue weighted by atomic mass is 16.4. The third-order valence-corrected chi connectivity index (χ3v) is 7.27. The number of nitrogens with zero attached hydrogens (tertiary/aromatic N) is 2. The lowest BCUT2D eigenvalue weighted by atomic mass is 10.0. The molecule has 7 amide bonds. The molecule has 11 N–H and O–H groups in total. The topological polar surface area (TPSA) is 311 Å². The summed E-state index contributed by atoms with van der Waals surface area (Å²) in [5.74, 6) is -8.59. The molecule has 0 aliphatic carbocycles. The SMILES string of the molecule is CNC(=O)NC(N)=NCCC[C@@H]1NC(=O)[C@@H](CO)NC(=O)C[C@@H](C(=O)O)NC(=O)C[C@@H](C(=O)O)NC(=O)[C@H](Cc2ccccc2)N(C)C1=O. The first-order chi connectivity index (χ1) is 23.2. The van der Waals surface area contributed by atoms with E-state index in [1.807, 2.05) is 5.32 Å². The van der Waals surface area contributed by atoms with Crippen molar-refractivity contribution in [2.45, 2.75) is 62.3 Å². The number of nitrogens with two attached hydrogens (primary N) is 1. The molecule has 2 rings (SSSR count). The second-order valence-corrected chi connectivity index (χ2v) is 10.9. The molecule has 268 valence electrons. The third kappa shape index (κ3) is 12.7. The second kappa shape index (κ2) is 19.1. The van der Waals surface area contributed by atoms with Gasteiger partial charge in [0.2, 0.25) is 29.5 Å². The summed E-state index contributed by atoms with van der Waals surface area (Å²) in [5, 5.41) is 42.6. The lowest BCUT2D eigenvalue weighted by molar-refractivity contribution is -0.147. The molecule has 49 heavy (non-hydrogen) atoms. The van der Waals surface area contributed by atoms with Crippen molar-refractivity contribution in [1.82, 2.24) is 36.8 Å². The average Bonchev–Trinajstić information content (AvgIpc) is 3.05. The van der Waals surface area contributed by atoms with Crippen LogP contribution in [0.25, 0.3) is 0 Å². The Kier molecular flexibility index (Phi) is 15.4. The van der Waals surface area contributed by atoms with Crippen molar-refractivity contribution >= 4 is 53.5 Å². The number of benzene rings is 1. The van der Waals surface area contributed by atoms with Crippen LogP contribution in [0, 0.1) is 0 Å². The van der Waals surface area contributed by atoms with Crippen LogP contribution in [0.2, 0.25) is 0 Å². The van der Waals surface area contributed by atoms with Gasteiger partial charge in [0.05, 0.1) is 19.4 Å². The molecule has 0 bridgehead atoms. The molecule has 0 unspecified atom stereocenters. The largest absolute Gasteiger partial charge is 0.480 e. The van der Waals surface area contributed by atoms with E-state index in [9.17, 15) is 53.7 Å². The van der Waals surface area contributed by atoms with Crippen molar-refractivity contribution in [3.8, 4) is 0 Å². The van der Waals surface area contributed by atoms with Crippen molar-refractivity contribution in [1.29, 1.82) is 0 Å². The van der Waals surface area contributed by atoms with Gasteiger partial charge >= 0.3 is 18.0 Å².